The van der Waals surface area contributed by atoms with Gasteiger partial charge in [0.05, 0.1) is 12.6 Å². The molecule has 3 heterocycles. The molecule has 1 fully saturated rings. The average molecular weight is 441 g/mol. The van der Waals surface area contributed by atoms with Gasteiger partial charge < -0.3 is 9.15 Å². The van der Waals surface area contributed by atoms with E-state index in [9.17, 15) is 13.2 Å². The molecule has 0 unspecified atom stereocenters. The summed E-state index contributed by atoms with van der Waals surface area (Å²) in [5.74, 6) is -0.302. The highest BCUT2D eigenvalue weighted by Gasteiger charge is 2.27. The first-order valence-corrected chi connectivity index (χ1v) is 11.5. The van der Waals surface area contributed by atoms with E-state index in [1.54, 1.807) is 0 Å². The fraction of sp³-hybridized carbons (Fsp3) is 0.611. The molecular formula is C18H28N6O5S. The van der Waals surface area contributed by atoms with Crippen LogP contribution in [0.15, 0.2) is 16.9 Å². The highest BCUT2D eigenvalue weighted by molar-refractivity contribution is 7.87. The molecule has 2 aromatic heterocycles. The van der Waals surface area contributed by atoms with Crippen LogP contribution >= 0.6 is 0 Å². The number of hydrogen-bond acceptors (Lipinski definition) is 8. The van der Waals surface area contributed by atoms with E-state index in [0.29, 0.717) is 24.9 Å². The van der Waals surface area contributed by atoms with Gasteiger partial charge in [-0.05, 0) is 26.2 Å². The van der Waals surface area contributed by atoms with Crippen molar-refractivity contribution < 1.29 is 22.4 Å². The fourth-order valence-corrected chi connectivity index (χ4v) is 4.34. The number of ether oxygens (including phenoxy) is 1. The van der Waals surface area contributed by atoms with Gasteiger partial charge in [-0.15, -0.1) is 0 Å². The number of anilines is 2. The Morgan fingerprint density at radius 2 is 2.03 bits per heavy atom. The van der Waals surface area contributed by atoms with Gasteiger partial charge in [-0.25, -0.2) is 4.72 Å². The van der Waals surface area contributed by atoms with Crippen molar-refractivity contribution in [2.75, 3.05) is 31.6 Å². The quantitative estimate of drug-likeness (QED) is 0.637. The van der Waals surface area contributed by atoms with Crippen LogP contribution in [0.5, 0.6) is 0 Å². The molecule has 30 heavy (non-hydrogen) atoms. The Kier molecular flexibility index (Phi) is 7.10. The summed E-state index contributed by atoms with van der Waals surface area (Å²) < 4.78 is 40.5. The average Bonchev–Trinajstić information content (AvgIpc) is 3.19. The number of aryl methyl sites for hydroxylation is 1. The predicted octanol–water partition coefficient (Wildman–Crippen LogP) is 1.98. The van der Waals surface area contributed by atoms with Crippen molar-refractivity contribution in [2.24, 2.45) is 0 Å². The van der Waals surface area contributed by atoms with E-state index in [0.717, 1.165) is 24.7 Å². The monoisotopic (exact) mass is 440 g/mol. The number of amides is 1. The van der Waals surface area contributed by atoms with Crippen LogP contribution in [0.4, 0.5) is 11.8 Å². The maximum Gasteiger partial charge on any atom is 0.304 e. The van der Waals surface area contributed by atoms with Gasteiger partial charge in [0, 0.05) is 31.5 Å². The van der Waals surface area contributed by atoms with Crippen LogP contribution in [0.2, 0.25) is 0 Å². The highest BCUT2D eigenvalue weighted by Crippen LogP contribution is 2.22. The number of carbonyl (C=O) groups excluding carboxylic acids is 1. The molecule has 166 valence electrons. The summed E-state index contributed by atoms with van der Waals surface area (Å²) in [6, 6.07) is 0.346. The summed E-state index contributed by atoms with van der Waals surface area (Å²) in [6.45, 7) is 7.36. The molecule has 0 saturated carbocycles. The highest BCUT2D eigenvalue weighted by atomic mass is 32.2. The van der Waals surface area contributed by atoms with E-state index in [2.05, 4.69) is 29.2 Å². The van der Waals surface area contributed by atoms with Crippen LogP contribution in [0.25, 0.3) is 0 Å². The number of carbonyl (C=O) groups is 1. The zero-order valence-corrected chi connectivity index (χ0v) is 18.2. The summed E-state index contributed by atoms with van der Waals surface area (Å²) in [5, 5.41) is 7.46. The fourth-order valence-electron chi connectivity index (χ4n) is 3.19. The second kappa shape index (κ2) is 9.58. The number of rotatable bonds is 8. The zero-order valence-electron chi connectivity index (χ0n) is 17.4. The first-order valence-electron chi connectivity index (χ1n) is 10.0. The lowest BCUT2D eigenvalue weighted by Gasteiger charge is -2.18. The van der Waals surface area contributed by atoms with Crippen molar-refractivity contribution in [1.82, 2.24) is 23.8 Å². The minimum atomic E-state index is -3.99. The molecule has 2 aromatic rings. The number of oxazole rings is 1. The van der Waals surface area contributed by atoms with Gasteiger partial charge in [0.1, 0.15) is 6.26 Å². The van der Waals surface area contributed by atoms with Gasteiger partial charge in [0.25, 0.3) is 5.91 Å². The second-order valence-corrected chi connectivity index (χ2v) is 8.75. The van der Waals surface area contributed by atoms with E-state index in [1.165, 1.54) is 4.31 Å². The molecule has 11 nitrogen and oxygen atoms in total. The summed E-state index contributed by atoms with van der Waals surface area (Å²) in [6.07, 6.45) is 5.52. The van der Waals surface area contributed by atoms with Crippen molar-refractivity contribution >= 4 is 27.9 Å². The smallest absolute Gasteiger partial charge is 0.304 e. The standard InChI is InChI=1S/C18H28N6O5S/c1-4-14(5-2)24-11-13(3)16(21-24)20-18-19-15(12-29-18)17(25)22-30(26,27)23-7-6-9-28-10-8-23/h11-12,14H,4-10H2,1-3H3,(H,22,25)(H,19,20,21). The topological polar surface area (TPSA) is 132 Å². The molecular weight excluding hydrogens is 412 g/mol. The molecule has 0 aromatic carbocycles. The molecule has 1 aliphatic heterocycles. The number of nitrogens with zero attached hydrogens (tertiary/aromatic N) is 4. The maximum atomic E-state index is 12.4. The van der Waals surface area contributed by atoms with Crippen LogP contribution in [-0.4, -0.2) is 59.7 Å². The molecule has 1 aliphatic rings. The van der Waals surface area contributed by atoms with E-state index in [1.807, 2.05) is 22.5 Å². The molecule has 0 atom stereocenters. The van der Waals surface area contributed by atoms with Gasteiger partial charge in [0.2, 0.25) is 0 Å². The zero-order chi connectivity index (χ0) is 21.7. The number of nitrogens with one attached hydrogen (secondary N) is 2. The van der Waals surface area contributed by atoms with Gasteiger partial charge >= 0.3 is 16.2 Å². The second-order valence-electron chi connectivity index (χ2n) is 7.08. The van der Waals surface area contributed by atoms with Gasteiger partial charge in [0.15, 0.2) is 11.5 Å². The van der Waals surface area contributed by atoms with Crippen molar-refractivity contribution in [3.8, 4) is 0 Å². The largest absolute Gasteiger partial charge is 0.431 e. The van der Waals surface area contributed by atoms with Crippen LogP contribution in [0.3, 0.4) is 0 Å². The van der Waals surface area contributed by atoms with Crippen molar-refractivity contribution in [3.05, 3.63) is 23.7 Å². The number of aromatic nitrogens is 3. The molecule has 12 heteroatoms. The van der Waals surface area contributed by atoms with E-state index in [4.69, 9.17) is 9.15 Å². The van der Waals surface area contributed by atoms with E-state index in [-0.39, 0.29) is 31.4 Å². The molecule has 3 rings (SSSR count). The minimum absolute atomic E-state index is 0.0543. The van der Waals surface area contributed by atoms with Gasteiger partial charge in [-0.2, -0.15) is 22.8 Å². The molecule has 1 amide bonds. The van der Waals surface area contributed by atoms with Gasteiger partial charge in [-0.3, -0.25) is 14.8 Å². The lowest BCUT2D eigenvalue weighted by molar-refractivity contribution is 0.0973. The Labute approximate surface area is 176 Å². The Hall–Kier alpha value is -2.44. The molecule has 2 N–H and O–H groups in total. The third-order valence-electron chi connectivity index (χ3n) is 4.94. The lowest BCUT2D eigenvalue weighted by Crippen LogP contribution is -2.44. The Bertz CT molecular complexity index is 958. The molecule has 0 aliphatic carbocycles. The predicted molar refractivity (Wildman–Crippen MR) is 110 cm³/mol. The summed E-state index contributed by atoms with van der Waals surface area (Å²) in [5.41, 5.74) is 0.751. The van der Waals surface area contributed by atoms with Crippen molar-refractivity contribution in [3.63, 3.8) is 0 Å². The van der Waals surface area contributed by atoms with Crippen LogP contribution < -0.4 is 10.0 Å². The first-order chi connectivity index (χ1) is 14.3. The van der Waals surface area contributed by atoms with Gasteiger partial charge in [-0.1, -0.05) is 13.8 Å². The summed E-state index contributed by atoms with van der Waals surface area (Å²) in [7, 11) is -3.99. The SMILES string of the molecule is CCC(CC)n1cc(C)c(Nc2nc(C(=O)NS(=O)(=O)N3CCCOCC3)co2)n1. The van der Waals surface area contributed by atoms with E-state index >= 15 is 0 Å². The van der Waals surface area contributed by atoms with Crippen LogP contribution in [0, 0.1) is 6.92 Å². The normalized spacial score (nSPS) is 15.9. The molecule has 1 saturated heterocycles. The first kappa shape index (κ1) is 22.2. The summed E-state index contributed by atoms with van der Waals surface area (Å²) in [4.78, 5) is 16.4. The van der Waals surface area contributed by atoms with Crippen molar-refractivity contribution in [1.29, 1.82) is 0 Å². The maximum absolute atomic E-state index is 12.4. The van der Waals surface area contributed by atoms with Crippen LogP contribution in [0.1, 0.15) is 55.2 Å². The Morgan fingerprint density at radius 3 is 2.77 bits per heavy atom. The summed E-state index contributed by atoms with van der Waals surface area (Å²) >= 11 is 0. The van der Waals surface area contributed by atoms with E-state index < -0.39 is 16.1 Å². The third-order valence-corrected chi connectivity index (χ3v) is 6.42. The van der Waals surface area contributed by atoms with Crippen LogP contribution in [-0.2, 0) is 14.9 Å². The third kappa shape index (κ3) is 5.18. The number of hydrogen-bond donors (Lipinski definition) is 2. The minimum Gasteiger partial charge on any atom is -0.431 e. The van der Waals surface area contributed by atoms with Crippen molar-refractivity contribution in [2.45, 2.75) is 46.1 Å². The Morgan fingerprint density at radius 1 is 1.27 bits per heavy atom. The molecule has 0 bridgehead atoms. The lowest BCUT2D eigenvalue weighted by atomic mass is 10.2. The molecule has 0 radical (unpaired) electrons. The Balaban J connectivity index is 1.66. The molecule has 0 spiro atoms.